The van der Waals surface area contributed by atoms with Crippen LogP contribution in [0.1, 0.15) is 6.42 Å². The van der Waals surface area contributed by atoms with Gasteiger partial charge < -0.3 is 106 Å². The fourth-order valence-electron chi connectivity index (χ4n) is 4.52. The van der Waals surface area contributed by atoms with Gasteiger partial charge >= 0.3 is 5.97 Å². The lowest BCUT2D eigenvalue weighted by molar-refractivity contribution is -0.138. The smallest absolute Gasteiger partial charge is 0.305 e. The van der Waals surface area contributed by atoms with Crippen LogP contribution in [-0.4, -0.2) is 282 Å². The number of aliphatic carboxylic acids is 1. The Hall–Kier alpha value is -1.08. The second-order valence-electron chi connectivity index (χ2n) is 13.2. The van der Waals surface area contributed by atoms with E-state index in [1.165, 1.54) is 0 Å². The highest BCUT2D eigenvalue weighted by Gasteiger charge is 2.00. The third-order valence-electron chi connectivity index (χ3n) is 7.79. The monoisotopic (exact) mass is 1010 g/mol. The fourth-order valence-corrected chi connectivity index (χ4v) is 4.52. The van der Waals surface area contributed by atoms with Crippen molar-refractivity contribution in [3.05, 3.63) is 0 Å². The van der Waals surface area contributed by atoms with Crippen LogP contribution in [0.3, 0.4) is 0 Å². The zero-order chi connectivity index (χ0) is 47.4. The van der Waals surface area contributed by atoms with E-state index in [2.05, 4.69) is 0 Å². The van der Waals surface area contributed by atoms with Crippen LogP contribution in [0.2, 0.25) is 0 Å². The Kier molecular flexibility index (Phi) is 65.9. The van der Waals surface area contributed by atoms with E-state index in [0.717, 1.165) is 0 Å². The zero-order valence-electron chi connectivity index (χ0n) is 40.2. The molecule has 0 unspecified atom stereocenters. The first-order valence-electron chi connectivity index (χ1n) is 23.2. The summed E-state index contributed by atoms with van der Waals surface area (Å²) in [5, 5.41) is 8.51. The maximum absolute atomic E-state index is 10.4. The summed E-state index contributed by atoms with van der Waals surface area (Å²) in [5.41, 5.74) is 5.34. The Balaban J connectivity index is 0. The van der Waals surface area contributed by atoms with Gasteiger partial charge in [-0.15, -0.1) is 12.4 Å². The summed E-state index contributed by atoms with van der Waals surface area (Å²) < 4.78 is 109. The molecule has 0 aliphatic carbocycles. The summed E-state index contributed by atoms with van der Waals surface area (Å²) in [6.45, 7) is 19.6. The minimum Gasteiger partial charge on any atom is -0.481 e. The highest BCUT2D eigenvalue weighted by molar-refractivity contribution is 5.85. The fraction of sp³-hybridized carbons (Fsp3) is 0.977. The van der Waals surface area contributed by atoms with Gasteiger partial charge in [0.2, 0.25) is 0 Å². The first kappa shape index (κ1) is 68.0. The standard InChI is InChI=1S/C43H87NO22.ClH/c44-2-4-48-6-8-50-10-12-52-14-16-54-18-20-56-22-24-58-26-28-60-30-32-62-34-36-64-38-40-66-42-41-65-39-37-63-35-33-61-31-29-59-27-25-57-23-21-55-19-17-53-15-13-51-11-9-49-7-5-47-3-1-43(45)46;/h1-42,44H2,(H,45,46);1H. The van der Waals surface area contributed by atoms with Crippen LogP contribution in [0.15, 0.2) is 0 Å². The van der Waals surface area contributed by atoms with Crippen LogP contribution in [-0.2, 0) is 99.5 Å². The molecule has 0 aliphatic heterocycles. The summed E-state index contributed by atoms with van der Waals surface area (Å²) in [6.07, 6.45) is -0.00811. The van der Waals surface area contributed by atoms with E-state index in [9.17, 15) is 4.79 Å². The highest BCUT2D eigenvalue weighted by Crippen LogP contribution is 1.90. The molecule has 3 N–H and O–H groups in total. The Morgan fingerprint density at radius 1 is 0.224 bits per heavy atom. The van der Waals surface area contributed by atoms with Crippen molar-refractivity contribution < 1.29 is 105 Å². The molecular formula is C43H88ClNO22. The van der Waals surface area contributed by atoms with Crippen LogP contribution < -0.4 is 5.73 Å². The molecule has 0 atom stereocenters. The van der Waals surface area contributed by atoms with Crippen molar-refractivity contribution in [3.63, 3.8) is 0 Å². The summed E-state index contributed by atoms with van der Waals surface area (Å²) >= 11 is 0. The molecule has 0 bridgehead atoms. The minimum absolute atomic E-state index is 0. The van der Waals surface area contributed by atoms with E-state index in [1.807, 2.05) is 0 Å². The van der Waals surface area contributed by atoms with Crippen molar-refractivity contribution in [3.8, 4) is 0 Å². The van der Waals surface area contributed by atoms with Crippen molar-refractivity contribution >= 4 is 18.4 Å². The zero-order valence-corrected chi connectivity index (χ0v) is 41.0. The minimum atomic E-state index is -0.879. The molecule has 0 amide bonds. The third kappa shape index (κ3) is 67.0. The number of carboxylic acid groups (broad SMARTS) is 1. The van der Waals surface area contributed by atoms with Gasteiger partial charge in [0.1, 0.15) is 0 Å². The van der Waals surface area contributed by atoms with Gasteiger partial charge in [-0.25, -0.2) is 0 Å². The van der Waals surface area contributed by atoms with Gasteiger partial charge in [0, 0.05) is 6.54 Å². The third-order valence-corrected chi connectivity index (χ3v) is 7.79. The Bertz CT molecular complexity index is 899. The molecule has 0 rings (SSSR count). The summed E-state index contributed by atoms with van der Waals surface area (Å²) in [7, 11) is 0. The van der Waals surface area contributed by atoms with E-state index in [1.54, 1.807) is 0 Å². The maximum atomic E-state index is 10.4. The largest absolute Gasteiger partial charge is 0.481 e. The summed E-state index contributed by atoms with van der Waals surface area (Å²) in [5.74, 6) is -0.879. The lowest BCUT2D eigenvalue weighted by atomic mass is 10.5. The molecule has 0 saturated carbocycles. The SMILES string of the molecule is Cl.NCCOCCOCCOCCOCCOCCOCCOCCOCCOCCOCCOCCOCCOCCOCCOCCOCCOCCOCCOCCOCCC(=O)O. The molecule has 404 valence electrons. The average Bonchev–Trinajstić information content (AvgIpc) is 3.32. The molecule has 0 aliphatic rings. The molecular weight excluding hydrogens is 918 g/mol. The summed E-state index contributed by atoms with van der Waals surface area (Å²) in [6, 6.07) is 0. The molecule has 23 nitrogen and oxygen atoms in total. The van der Waals surface area contributed by atoms with Gasteiger partial charge in [-0.05, 0) is 0 Å². The second-order valence-corrected chi connectivity index (χ2v) is 13.2. The molecule has 0 spiro atoms. The first-order valence-corrected chi connectivity index (χ1v) is 23.2. The van der Waals surface area contributed by atoms with Crippen LogP contribution in [0.25, 0.3) is 0 Å². The number of rotatable bonds is 62. The van der Waals surface area contributed by atoms with Crippen LogP contribution in [0.5, 0.6) is 0 Å². The first-order chi connectivity index (χ1) is 32.8. The van der Waals surface area contributed by atoms with Gasteiger partial charge in [0.25, 0.3) is 0 Å². The van der Waals surface area contributed by atoms with Gasteiger partial charge in [0.15, 0.2) is 0 Å². The second kappa shape index (κ2) is 64.9. The number of halogens is 1. The van der Waals surface area contributed by atoms with Crippen molar-refractivity contribution in [2.24, 2.45) is 5.73 Å². The van der Waals surface area contributed by atoms with Crippen LogP contribution in [0, 0.1) is 0 Å². The molecule has 0 heterocycles. The number of hydrogen-bond acceptors (Lipinski definition) is 22. The number of hydrogen-bond donors (Lipinski definition) is 2. The number of carboxylic acids is 1. The van der Waals surface area contributed by atoms with Gasteiger partial charge in [0.05, 0.1) is 271 Å². The molecule has 67 heavy (non-hydrogen) atoms. The molecule has 0 aromatic carbocycles. The van der Waals surface area contributed by atoms with Crippen molar-refractivity contribution in [2.45, 2.75) is 6.42 Å². The number of carbonyl (C=O) groups is 1. The summed E-state index contributed by atoms with van der Waals surface area (Å²) in [4.78, 5) is 10.4. The van der Waals surface area contributed by atoms with Crippen molar-refractivity contribution in [2.75, 3.05) is 271 Å². The van der Waals surface area contributed by atoms with Crippen LogP contribution in [0.4, 0.5) is 0 Å². The molecule has 0 aromatic heterocycles. The average molecular weight is 1010 g/mol. The predicted octanol–water partition coefficient (Wildman–Crippen LogP) is 0.174. The molecule has 0 fully saturated rings. The normalized spacial score (nSPS) is 11.5. The van der Waals surface area contributed by atoms with E-state index < -0.39 is 5.97 Å². The molecule has 0 aromatic rings. The van der Waals surface area contributed by atoms with Gasteiger partial charge in [-0.1, -0.05) is 0 Å². The van der Waals surface area contributed by atoms with Crippen molar-refractivity contribution in [1.29, 1.82) is 0 Å². The molecule has 0 saturated heterocycles. The van der Waals surface area contributed by atoms with E-state index in [4.69, 9.17) is 106 Å². The lowest BCUT2D eigenvalue weighted by Gasteiger charge is -2.09. The van der Waals surface area contributed by atoms with Crippen LogP contribution >= 0.6 is 12.4 Å². The highest BCUT2D eigenvalue weighted by atomic mass is 35.5. The predicted molar refractivity (Wildman–Crippen MR) is 245 cm³/mol. The van der Waals surface area contributed by atoms with Crippen molar-refractivity contribution in [1.82, 2.24) is 0 Å². The Morgan fingerprint density at radius 2 is 0.328 bits per heavy atom. The van der Waals surface area contributed by atoms with E-state index >= 15 is 0 Å². The number of ether oxygens (including phenoxy) is 20. The topological polar surface area (TPSA) is 248 Å². The van der Waals surface area contributed by atoms with E-state index in [-0.39, 0.29) is 25.4 Å². The quantitative estimate of drug-likeness (QED) is 0.0771. The Morgan fingerprint density at radius 3 is 0.433 bits per heavy atom. The van der Waals surface area contributed by atoms with E-state index in [0.29, 0.717) is 264 Å². The molecule has 0 radical (unpaired) electrons. The number of nitrogens with two attached hydrogens (primary N) is 1. The Labute approximate surface area is 405 Å². The lowest BCUT2D eigenvalue weighted by Crippen LogP contribution is -2.16. The van der Waals surface area contributed by atoms with Gasteiger partial charge in [-0.2, -0.15) is 0 Å². The van der Waals surface area contributed by atoms with Gasteiger partial charge in [-0.3, -0.25) is 4.79 Å². The molecule has 24 heteroatoms. The maximum Gasteiger partial charge on any atom is 0.305 e.